The number of carbonyl (C=O) groups is 1. The molecule has 2 aromatic heterocycles. The summed E-state index contributed by atoms with van der Waals surface area (Å²) in [6.07, 6.45) is 1.79. The highest BCUT2D eigenvalue weighted by Crippen LogP contribution is 2.14. The van der Waals surface area contributed by atoms with Crippen LogP contribution >= 0.6 is 0 Å². The molecule has 1 aliphatic heterocycles. The van der Waals surface area contributed by atoms with Crippen LogP contribution in [0.2, 0.25) is 0 Å². The predicted molar refractivity (Wildman–Crippen MR) is 91.4 cm³/mol. The Morgan fingerprint density at radius 2 is 2.00 bits per heavy atom. The molecule has 3 heterocycles. The van der Waals surface area contributed by atoms with Crippen molar-refractivity contribution in [3.05, 3.63) is 27.2 Å². The lowest BCUT2D eigenvalue weighted by molar-refractivity contribution is -0.143. The molecule has 9 nitrogen and oxygen atoms in total. The van der Waals surface area contributed by atoms with E-state index in [0.29, 0.717) is 30.9 Å². The summed E-state index contributed by atoms with van der Waals surface area (Å²) in [6.45, 7) is 5.34. The smallest absolute Gasteiger partial charge is 0.332 e. The van der Waals surface area contributed by atoms with Crippen LogP contribution in [-0.2, 0) is 30.2 Å². The van der Waals surface area contributed by atoms with Gasteiger partial charge in [0.15, 0.2) is 11.2 Å². The second-order valence-corrected chi connectivity index (χ2v) is 6.61. The number of amides is 1. The standard InChI is InChI=1S/C16H23N5O4/c1-10-8-25-11(2)7-21(10)12(22)5-6-20-9-17-14-13(20)15(23)19(4)16(24)18(14)3/h9-11H,5-8H2,1-4H3/t10-,11-/m1/s1. The number of imidazole rings is 1. The molecule has 25 heavy (non-hydrogen) atoms. The van der Waals surface area contributed by atoms with E-state index in [9.17, 15) is 14.4 Å². The lowest BCUT2D eigenvalue weighted by atomic mass is 10.2. The van der Waals surface area contributed by atoms with E-state index in [1.165, 1.54) is 17.9 Å². The highest BCUT2D eigenvalue weighted by atomic mass is 16.5. The van der Waals surface area contributed by atoms with Crippen LogP contribution in [0.25, 0.3) is 11.2 Å². The van der Waals surface area contributed by atoms with Gasteiger partial charge in [0.2, 0.25) is 5.91 Å². The van der Waals surface area contributed by atoms with Crippen LogP contribution in [0.3, 0.4) is 0 Å². The van der Waals surface area contributed by atoms with Gasteiger partial charge in [0.05, 0.1) is 25.1 Å². The van der Waals surface area contributed by atoms with Gasteiger partial charge in [-0.25, -0.2) is 9.78 Å². The van der Waals surface area contributed by atoms with Gasteiger partial charge in [-0.2, -0.15) is 0 Å². The molecule has 1 amide bonds. The first-order chi connectivity index (χ1) is 11.8. The van der Waals surface area contributed by atoms with E-state index in [1.54, 1.807) is 11.6 Å². The van der Waals surface area contributed by atoms with Crippen molar-refractivity contribution < 1.29 is 9.53 Å². The van der Waals surface area contributed by atoms with E-state index in [1.807, 2.05) is 18.7 Å². The van der Waals surface area contributed by atoms with E-state index in [-0.39, 0.29) is 24.5 Å². The highest BCUT2D eigenvalue weighted by molar-refractivity contribution is 5.77. The lowest BCUT2D eigenvalue weighted by Gasteiger charge is -2.36. The number of rotatable bonds is 3. The molecule has 2 atom stereocenters. The molecule has 1 saturated heterocycles. The van der Waals surface area contributed by atoms with Crippen LogP contribution in [0.1, 0.15) is 20.3 Å². The van der Waals surface area contributed by atoms with Crippen molar-refractivity contribution in [3.63, 3.8) is 0 Å². The topological polar surface area (TPSA) is 91.4 Å². The first kappa shape index (κ1) is 17.4. The zero-order valence-electron chi connectivity index (χ0n) is 14.9. The summed E-state index contributed by atoms with van der Waals surface area (Å²) in [7, 11) is 3.01. The fraction of sp³-hybridized carbons (Fsp3) is 0.625. The Labute approximate surface area is 144 Å². The first-order valence-electron chi connectivity index (χ1n) is 8.33. The van der Waals surface area contributed by atoms with Crippen molar-refractivity contribution in [3.8, 4) is 0 Å². The number of aryl methyl sites for hydroxylation is 2. The van der Waals surface area contributed by atoms with Crippen LogP contribution in [0.4, 0.5) is 0 Å². The molecule has 0 N–H and O–H groups in total. The van der Waals surface area contributed by atoms with Gasteiger partial charge in [-0.1, -0.05) is 0 Å². The molecule has 9 heteroatoms. The second kappa shape index (κ2) is 6.47. The number of hydrogen-bond acceptors (Lipinski definition) is 5. The van der Waals surface area contributed by atoms with E-state index in [2.05, 4.69) is 4.98 Å². The summed E-state index contributed by atoms with van der Waals surface area (Å²) in [6, 6.07) is 0.0388. The monoisotopic (exact) mass is 349 g/mol. The SMILES string of the molecule is C[C@@H]1CN(C(=O)CCn2cnc3c2c(=O)n(C)c(=O)n3C)[C@H](C)CO1. The third kappa shape index (κ3) is 2.99. The van der Waals surface area contributed by atoms with Gasteiger partial charge in [0, 0.05) is 33.6 Å². The highest BCUT2D eigenvalue weighted by Gasteiger charge is 2.27. The van der Waals surface area contributed by atoms with Gasteiger partial charge < -0.3 is 14.2 Å². The first-order valence-corrected chi connectivity index (χ1v) is 8.33. The molecule has 1 aliphatic rings. The Bertz CT molecular complexity index is 925. The third-order valence-corrected chi connectivity index (χ3v) is 4.71. The second-order valence-electron chi connectivity index (χ2n) is 6.61. The third-order valence-electron chi connectivity index (χ3n) is 4.71. The zero-order valence-corrected chi connectivity index (χ0v) is 14.9. The van der Waals surface area contributed by atoms with Crippen molar-refractivity contribution in [2.75, 3.05) is 13.2 Å². The molecule has 0 bridgehead atoms. The summed E-state index contributed by atoms with van der Waals surface area (Å²) >= 11 is 0. The van der Waals surface area contributed by atoms with Crippen molar-refractivity contribution in [2.24, 2.45) is 14.1 Å². The Hall–Kier alpha value is -2.42. The Balaban J connectivity index is 1.83. The Morgan fingerprint density at radius 3 is 2.72 bits per heavy atom. The fourth-order valence-corrected chi connectivity index (χ4v) is 3.18. The average Bonchev–Trinajstić information content (AvgIpc) is 3.02. The number of fused-ring (bicyclic) bond motifs is 1. The van der Waals surface area contributed by atoms with Gasteiger partial charge in [-0.15, -0.1) is 0 Å². The molecule has 0 radical (unpaired) electrons. The van der Waals surface area contributed by atoms with Gasteiger partial charge in [-0.3, -0.25) is 18.7 Å². The molecular formula is C16H23N5O4. The van der Waals surface area contributed by atoms with Gasteiger partial charge in [0.25, 0.3) is 5.56 Å². The summed E-state index contributed by atoms with van der Waals surface area (Å²) in [5.41, 5.74) is -0.166. The van der Waals surface area contributed by atoms with Crippen molar-refractivity contribution in [1.29, 1.82) is 0 Å². The van der Waals surface area contributed by atoms with E-state index >= 15 is 0 Å². The number of carbonyl (C=O) groups excluding carboxylic acids is 1. The Morgan fingerprint density at radius 1 is 1.28 bits per heavy atom. The molecule has 0 spiro atoms. The maximum Gasteiger partial charge on any atom is 0.332 e. The van der Waals surface area contributed by atoms with Gasteiger partial charge in [-0.05, 0) is 13.8 Å². The summed E-state index contributed by atoms with van der Waals surface area (Å²) in [4.78, 5) is 42.9. The average molecular weight is 349 g/mol. The summed E-state index contributed by atoms with van der Waals surface area (Å²) in [5.74, 6) is 0.0196. The maximum atomic E-state index is 12.6. The van der Waals surface area contributed by atoms with Crippen LogP contribution in [0.5, 0.6) is 0 Å². The molecule has 0 aliphatic carbocycles. The van der Waals surface area contributed by atoms with Crippen LogP contribution in [-0.4, -0.2) is 54.8 Å². The minimum atomic E-state index is -0.421. The molecule has 0 saturated carbocycles. The summed E-state index contributed by atoms with van der Waals surface area (Å²) < 4.78 is 9.57. The number of aromatic nitrogens is 4. The van der Waals surface area contributed by atoms with Crippen molar-refractivity contribution in [2.45, 2.75) is 39.0 Å². The quantitative estimate of drug-likeness (QED) is 0.742. The number of hydrogen-bond donors (Lipinski definition) is 0. The fourth-order valence-electron chi connectivity index (χ4n) is 3.18. The van der Waals surface area contributed by atoms with E-state index < -0.39 is 11.2 Å². The molecule has 3 rings (SSSR count). The van der Waals surface area contributed by atoms with E-state index in [0.717, 1.165) is 4.57 Å². The minimum absolute atomic E-state index is 0.0196. The van der Waals surface area contributed by atoms with Crippen molar-refractivity contribution >= 4 is 17.1 Å². The molecule has 1 fully saturated rings. The Kier molecular flexibility index (Phi) is 4.51. The normalized spacial score (nSPS) is 21.0. The largest absolute Gasteiger partial charge is 0.375 e. The summed E-state index contributed by atoms with van der Waals surface area (Å²) in [5, 5.41) is 0. The molecule has 136 valence electrons. The van der Waals surface area contributed by atoms with Crippen LogP contribution in [0.15, 0.2) is 15.9 Å². The number of morpholine rings is 1. The lowest BCUT2D eigenvalue weighted by Crippen LogP contribution is -2.50. The zero-order chi connectivity index (χ0) is 18.3. The van der Waals surface area contributed by atoms with E-state index in [4.69, 9.17) is 4.74 Å². The number of ether oxygens (including phenoxy) is 1. The van der Waals surface area contributed by atoms with Gasteiger partial charge in [0.1, 0.15) is 0 Å². The number of nitrogens with zero attached hydrogens (tertiary/aromatic N) is 5. The minimum Gasteiger partial charge on any atom is -0.375 e. The molecule has 2 aromatic rings. The predicted octanol–water partition coefficient (Wildman–Crippen LogP) is -0.540. The van der Waals surface area contributed by atoms with Gasteiger partial charge >= 0.3 is 5.69 Å². The molecule has 0 aromatic carbocycles. The maximum absolute atomic E-state index is 12.6. The van der Waals surface area contributed by atoms with Crippen LogP contribution in [0, 0.1) is 0 Å². The molecule has 0 unspecified atom stereocenters. The van der Waals surface area contributed by atoms with Crippen molar-refractivity contribution in [1.82, 2.24) is 23.6 Å². The molecular weight excluding hydrogens is 326 g/mol. The van der Waals surface area contributed by atoms with Crippen LogP contribution < -0.4 is 11.2 Å².